The summed E-state index contributed by atoms with van der Waals surface area (Å²) in [4.78, 5) is 4.75. The van der Waals surface area contributed by atoms with Gasteiger partial charge in [0.15, 0.2) is 22.2 Å². The van der Waals surface area contributed by atoms with Gasteiger partial charge in [-0.05, 0) is 78.7 Å². The molecule has 0 saturated heterocycles. The fourth-order valence-electron chi connectivity index (χ4n) is 7.87. The minimum absolute atomic E-state index is 0.0244. The van der Waals surface area contributed by atoms with Crippen molar-refractivity contribution < 1.29 is 17.5 Å². The van der Waals surface area contributed by atoms with E-state index in [9.17, 15) is 0 Å². The van der Waals surface area contributed by atoms with Crippen molar-refractivity contribution in [3.8, 4) is 28.2 Å². The van der Waals surface area contributed by atoms with E-state index in [2.05, 4.69) is 124 Å². The van der Waals surface area contributed by atoms with Crippen LogP contribution in [0.2, 0.25) is 0 Å². The first kappa shape index (κ1) is 27.2. The molecule has 0 atom stereocenters. The molecular weight excluding hydrogens is 615 g/mol. The van der Waals surface area contributed by atoms with Crippen molar-refractivity contribution in [2.24, 2.45) is 7.05 Å². The summed E-state index contributed by atoms with van der Waals surface area (Å²) in [6.45, 7) is 8.68. The zero-order chi connectivity index (χ0) is 36.9. The number of para-hydroxylation sites is 3. The molecule has 0 bridgehead atoms. The number of fused-ring (bicyclic) bond motifs is 8. The summed E-state index contributed by atoms with van der Waals surface area (Å²) in [5, 5.41) is 2.71. The predicted molar refractivity (Wildman–Crippen MR) is 205 cm³/mol. The lowest BCUT2D eigenvalue weighted by Gasteiger charge is -2.21. The number of hydrogen-bond donors (Lipinski definition) is 0. The van der Waals surface area contributed by atoms with Crippen LogP contribution in [0, 0.1) is 13.8 Å². The second-order valence-electron chi connectivity index (χ2n) is 14.1. The lowest BCUT2D eigenvalue weighted by atomic mass is 9.88. The second-order valence-corrected chi connectivity index (χ2v) is 14.1. The molecule has 0 fully saturated rings. The summed E-state index contributed by atoms with van der Waals surface area (Å²) in [6, 6.07) is 35.5. The Morgan fingerprint density at radius 1 is 0.720 bits per heavy atom. The molecule has 9 aromatic rings. The summed E-state index contributed by atoms with van der Waals surface area (Å²) in [5.41, 5.74) is 12.1. The van der Waals surface area contributed by atoms with E-state index in [0.717, 1.165) is 44.4 Å². The molecule has 5 nitrogen and oxygen atoms in total. The van der Waals surface area contributed by atoms with Crippen molar-refractivity contribution in [3.05, 3.63) is 126 Å². The van der Waals surface area contributed by atoms with Crippen molar-refractivity contribution in [1.82, 2.24) is 9.55 Å². The minimum Gasteiger partial charge on any atom is -0.455 e. The quantitative estimate of drug-likeness (QED) is 0.173. The number of aromatic nitrogens is 3. The Labute approximate surface area is 295 Å². The normalized spacial score (nSPS) is 13.4. The van der Waals surface area contributed by atoms with E-state index in [4.69, 9.17) is 17.9 Å². The van der Waals surface area contributed by atoms with Crippen LogP contribution >= 0.6 is 0 Å². The molecule has 4 heterocycles. The Hall–Kier alpha value is -5.68. The third-order valence-electron chi connectivity index (χ3n) is 10.3. The van der Waals surface area contributed by atoms with Gasteiger partial charge in [0, 0.05) is 26.0 Å². The molecule has 0 aliphatic heterocycles. The first-order valence-electron chi connectivity index (χ1n) is 18.8. The molecule has 50 heavy (non-hydrogen) atoms. The van der Waals surface area contributed by atoms with Gasteiger partial charge in [0.25, 0.3) is 5.82 Å². The SMILES string of the molecule is [2H]C([2H])([2H])c1nc2oc3c(-c4n(-c5c(C(C)C)cc(-c6ccccc6)cc5C(C)C)c5ccccc5[n+]4C)c(C)ccc3c2c2oc3ccccc3c12. The number of furan rings is 2. The molecule has 246 valence electrons. The largest absolute Gasteiger partial charge is 0.455 e. The Morgan fingerprint density at radius 2 is 1.42 bits per heavy atom. The lowest BCUT2D eigenvalue weighted by molar-refractivity contribution is -0.633. The van der Waals surface area contributed by atoms with Crippen molar-refractivity contribution in [2.45, 2.75) is 53.3 Å². The third kappa shape index (κ3) is 4.32. The molecule has 0 spiro atoms. The molecular formula is C45H40N3O2+. The van der Waals surface area contributed by atoms with Crippen molar-refractivity contribution in [1.29, 1.82) is 0 Å². The fourth-order valence-corrected chi connectivity index (χ4v) is 7.87. The van der Waals surface area contributed by atoms with Gasteiger partial charge in [0.2, 0.25) is 5.71 Å². The Bertz CT molecular complexity index is 2880. The molecule has 0 aliphatic rings. The highest BCUT2D eigenvalue weighted by Crippen LogP contribution is 2.45. The first-order valence-corrected chi connectivity index (χ1v) is 17.3. The summed E-state index contributed by atoms with van der Waals surface area (Å²) < 4.78 is 43.3. The zero-order valence-corrected chi connectivity index (χ0v) is 29.1. The predicted octanol–water partition coefficient (Wildman–Crippen LogP) is 11.8. The first-order chi connectivity index (χ1) is 25.4. The van der Waals surface area contributed by atoms with Gasteiger partial charge in [-0.25, -0.2) is 9.55 Å². The number of pyridine rings is 1. The van der Waals surface area contributed by atoms with Gasteiger partial charge in [-0.2, -0.15) is 4.57 Å². The molecule has 0 amide bonds. The van der Waals surface area contributed by atoms with E-state index in [1.807, 2.05) is 30.3 Å². The van der Waals surface area contributed by atoms with Gasteiger partial charge in [-0.1, -0.05) is 94.4 Å². The molecule has 5 aromatic carbocycles. The van der Waals surface area contributed by atoms with Crippen LogP contribution < -0.4 is 4.57 Å². The average Bonchev–Trinajstić information content (AvgIpc) is 3.80. The summed E-state index contributed by atoms with van der Waals surface area (Å²) in [7, 11) is 2.11. The van der Waals surface area contributed by atoms with Crippen LogP contribution in [0.4, 0.5) is 0 Å². The zero-order valence-electron chi connectivity index (χ0n) is 32.1. The van der Waals surface area contributed by atoms with Crippen LogP contribution in [0.25, 0.3) is 83.2 Å². The molecule has 0 unspecified atom stereocenters. The van der Waals surface area contributed by atoms with Crippen molar-refractivity contribution in [3.63, 3.8) is 0 Å². The van der Waals surface area contributed by atoms with Gasteiger partial charge in [0.1, 0.15) is 16.8 Å². The van der Waals surface area contributed by atoms with Crippen LogP contribution in [0.3, 0.4) is 0 Å². The number of benzene rings is 5. The van der Waals surface area contributed by atoms with E-state index >= 15 is 0 Å². The lowest BCUT2D eigenvalue weighted by Crippen LogP contribution is -2.30. The maximum atomic E-state index is 8.46. The van der Waals surface area contributed by atoms with Gasteiger partial charge in [-0.15, -0.1) is 0 Å². The van der Waals surface area contributed by atoms with E-state index in [1.165, 1.54) is 22.3 Å². The number of nitrogens with zero attached hydrogens (tertiary/aromatic N) is 3. The van der Waals surface area contributed by atoms with E-state index in [1.54, 1.807) is 0 Å². The van der Waals surface area contributed by atoms with Crippen LogP contribution in [-0.4, -0.2) is 9.55 Å². The molecule has 0 N–H and O–H groups in total. The second kappa shape index (κ2) is 11.2. The Morgan fingerprint density at radius 3 is 2.16 bits per heavy atom. The fraction of sp³-hybridized carbons (Fsp3) is 0.200. The maximum Gasteiger partial charge on any atom is 0.299 e. The topological polar surface area (TPSA) is 48.0 Å². The molecule has 5 heteroatoms. The molecule has 9 rings (SSSR count). The molecule has 0 saturated carbocycles. The van der Waals surface area contributed by atoms with Crippen molar-refractivity contribution >= 4 is 55.0 Å². The van der Waals surface area contributed by atoms with Crippen LogP contribution in [0.1, 0.15) is 66.0 Å². The number of aryl methyl sites for hydroxylation is 3. The van der Waals surface area contributed by atoms with Gasteiger partial charge >= 0.3 is 0 Å². The highest BCUT2D eigenvalue weighted by Gasteiger charge is 2.34. The Balaban J connectivity index is 1.43. The minimum atomic E-state index is -2.48. The number of rotatable bonds is 5. The van der Waals surface area contributed by atoms with Gasteiger partial charge in [-0.3, -0.25) is 0 Å². The van der Waals surface area contributed by atoms with Gasteiger partial charge < -0.3 is 8.83 Å². The van der Waals surface area contributed by atoms with Gasteiger partial charge in [0.05, 0.1) is 23.5 Å². The standard InChI is InChI=1S/C45H40N3O2/c1-25(2)33-23-30(29-15-9-8-10-16-29)24-34(26(3)4)41(33)48-36-19-13-12-18-35(36)47(7)45(48)38-27(5)21-22-32-40-43-39(28(6)46-44(40)50-42(32)38)31-17-11-14-20-37(31)49-43/h8-26H,1-7H3/q+1/i6D3. The van der Waals surface area contributed by atoms with E-state index < -0.39 is 6.85 Å². The highest BCUT2D eigenvalue weighted by molar-refractivity contribution is 6.23. The molecule has 0 radical (unpaired) electrons. The highest BCUT2D eigenvalue weighted by atomic mass is 16.4. The number of imidazole rings is 1. The summed E-state index contributed by atoms with van der Waals surface area (Å²) in [6.07, 6.45) is 0. The van der Waals surface area contributed by atoms with Crippen molar-refractivity contribution in [2.75, 3.05) is 0 Å². The van der Waals surface area contributed by atoms with E-state index in [0.29, 0.717) is 27.5 Å². The molecule has 0 aliphatic carbocycles. The number of hydrogen-bond acceptors (Lipinski definition) is 3. The Kier molecular flexibility index (Phi) is 6.07. The van der Waals surface area contributed by atoms with Crippen LogP contribution in [0.5, 0.6) is 0 Å². The monoisotopic (exact) mass is 657 g/mol. The third-order valence-corrected chi connectivity index (χ3v) is 10.3. The maximum absolute atomic E-state index is 8.46. The van der Waals surface area contributed by atoms with Crippen LogP contribution in [0.15, 0.2) is 112 Å². The average molecular weight is 658 g/mol. The summed E-state index contributed by atoms with van der Waals surface area (Å²) >= 11 is 0. The van der Waals surface area contributed by atoms with E-state index in [-0.39, 0.29) is 23.2 Å². The molecule has 4 aromatic heterocycles. The van der Waals surface area contributed by atoms with Crippen LogP contribution in [-0.2, 0) is 7.05 Å². The summed E-state index contributed by atoms with van der Waals surface area (Å²) in [5.74, 6) is 1.40. The smallest absolute Gasteiger partial charge is 0.299 e.